The molecule has 0 heterocycles. The second-order valence-corrected chi connectivity index (χ2v) is 12.3. The van der Waals surface area contributed by atoms with Crippen molar-refractivity contribution in [3.8, 4) is 12.3 Å². The molecule has 0 radical (unpaired) electrons. The Morgan fingerprint density at radius 1 is 0.884 bits per heavy atom. The number of amides is 3. The first-order valence-corrected chi connectivity index (χ1v) is 14.8. The predicted molar refractivity (Wildman–Crippen MR) is 169 cm³/mol. The van der Waals surface area contributed by atoms with E-state index in [0.717, 1.165) is 5.56 Å². The standard InChI is InChI=1S/C33H43N3O6S/c1-9-22-16-18-24(19-17-22)27(36(10-2)29(38)26(21-43)35-31(40)42-33(6,7)8)28(37)34-25(30(39)41-32(3,4)5)20-23-14-12-11-13-15-23/h1,11-19,25-27,43H,10,20-21H2,2-8H3,(H,34,37)(H,35,40). The molecule has 2 rings (SSSR count). The van der Waals surface area contributed by atoms with Crippen LogP contribution >= 0.6 is 12.6 Å². The highest BCUT2D eigenvalue weighted by molar-refractivity contribution is 7.80. The minimum absolute atomic E-state index is 0.0481. The first-order valence-electron chi connectivity index (χ1n) is 14.1. The van der Waals surface area contributed by atoms with Gasteiger partial charge in [0, 0.05) is 24.3 Å². The third-order valence-electron chi connectivity index (χ3n) is 6.04. The van der Waals surface area contributed by atoms with E-state index in [4.69, 9.17) is 15.9 Å². The lowest BCUT2D eigenvalue weighted by molar-refractivity contribution is -0.159. The van der Waals surface area contributed by atoms with E-state index < -0.39 is 53.2 Å². The molecule has 0 aliphatic rings. The Balaban J connectivity index is 2.50. The van der Waals surface area contributed by atoms with E-state index in [0.29, 0.717) is 11.1 Å². The number of hydrogen-bond acceptors (Lipinski definition) is 7. The first kappa shape index (κ1) is 35.2. The third-order valence-corrected chi connectivity index (χ3v) is 6.40. The fourth-order valence-corrected chi connectivity index (χ4v) is 4.45. The maximum atomic E-state index is 14.1. The summed E-state index contributed by atoms with van der Waals surface area (Å²) in [6, 6.07) is 12.6. The minimum atomic E-state index is -1.17. The fourth-order valence-electron chi connectivity index (χ4n) is 4.20. The van der Waals surface area contributed by atoms with Crippen LogP contribution in [0.4, 0.5) is 4.79 Å². The van der Waals surface area contributed by atoms with Gasteiger partial charge in [-0.2, -0.15) is 12.6 Å². The summed E-state index contributed by atoms with van der Waals surface area (Å²) < 4.78 is 11.0. The van der Waals surface area contributed by atoms with E-state index >= 15 is 0 Å². The molecule has 9 nitrogen and oxygen atoms in total. The monoisotopic (exact) mass is 609 g/mol. The molecule has 3 unspecified atom stereocenters. The van der Waals surface area contributed by atoms with Gasteiger partial charge in [0.25, 0.3) is 0 Å². The average Bonchev–Trinajstić information content (AvgIpc) is 2.92. The van der Waals surface area contributed by atoms with Crippen LogP contribution in [0, 0.1) is 12.3 Å². The van der Waals surface area contributed by atoms with E-state index in [1.54, 1.807) is 72.7 Å². The van der Waals surface area contributed by atoms with E-state index in [9.17, 15) is 19.2 Å². The summed E-state index contributed by atoms with van der Waals surface area (Å²) in [6.07, 6.45) is 4.92. The number of ether oxygens (including phenoxy) is 2. The Bertz CT molecular complexity index is 1290. The van der Waals surface area contributed by atoms with Crippen LogP contribution in [0.5, 0.6) is 0 Å². The van der Waals surface area contributed by atoms with Crippen molar-refractivity contribution >= 4 is 36.5 Å². The third kappa shape index (κ3) is 11.3. The molecule has 43 heavy (non-hydrogen) atoms. The number of carbonyl (C=O) groups excluding carboxylic acids is 4. The van der Waals surface area contributed by atoms with Gasteiger partial charge in [0.05, 0.1) is 0 Å². The Morgan fingerprint density at radius 2 is 1.47 bits per heavy atom. The van der Waals surface area contributed by atoms with Gasteiger partial charge in [-0.05, 0) is 71.7 Å². The molecule has 0 aliphatic carbocycles. The Kier molecular flexibility index (Phi) is 12.7. The summed E-state index contributed by atoms with van der Waals surface area (Å²) in [5.41, 5.74) is 0.292. The molecule has 2 aromatic carbocycles. The largest absolute Gasteiger partial charge is 0.458 e. The van der Waals surface area contributed by atoms with Crippen LogP contribution < -0.4 is 10.6 Å². The highest BCUT2D eigenvalue weighted by atomic mass is 32.1. The zero-order valence-electron chi connectivity index (χ0n) is 26.0. The van der Waals surface area contributed by atoms with Crippen LogP contribution in [-0.2, 0) is 30.3 Å². The smallest absolute Gasteiger partial charge is 0.408 e. The normalized spacial score (nSPS) is 13.5. The molecule has 0 saturated carbocycles. The van der Waals surface area contributed by atoms with Gasteiger partial charge in [0.15, 0.2) is 0 Å². The predicted octanol–water partition coefficient (Wildman–Crippen LogP) is 4.45. The van der Waals surface area contributed by atoms with Crippen molar-refractivity contribution in [2.24, 2.45) is 0 Å². The number of rotatable bonds is 11. The molecule has 3 amide bonds. The number of esters is 1. The molecule has 232 valence electrons. The van der Waals surface area contributed by atoms with E-state index in [1.165, 1.54) is 4.90 Å². The van der Waals surface area contributed by atoms with E-state index in [1.807, 2.05) is 30.3 Å². The maximum absolute atomic E-state index is 14.1. The highest BCUT2D eigenvalue weighted by Crippen LogP contribution is 2.24. The van der Waals surface area contributed by atoms with Gasteiger partial charge < -0.3 is 25.0 Å². The SMILES string of the molecule is C#Cc1ccc(C(C(=O)NC(Cc2ccccc2)C(=O)OC(C)(C)C)N(CC)C(=O)C(CS)NC(=O)OC(C)(C)C)cc1. The number of nitrogens with zero attached hydrogens (tertiary/aromatic N) is 1. The van der Waals surface area contributed by atoms with Crippen molar-refractivity contribution in [2.75, 3.05) is 12.3 Å². The minimum Gasteiger partial charge on any atom is -0.458 e. The molecule has 0 spiro atoms. The van der Waals surface area contributed by atoms with Gasteiger partial charge in [-0.1, -0.05) is 48.4 Å². The number of carbonyl (C=O) groups is 4. The van der Waals surface area contributed by atoms with Gasteiger partial charge in [-0.15, -0.1) is 6.42 Å². The number of thiol groups is 1. The molecular formula is C33H43N3O6S. The number of terminal acetylenes is 1. The highest BCUT2D eigenvalue weighted by Gasteiger charge is 2.37. The lowest BCUT2D eigenvalue weighted by Gasteiger charge is -2.34. The molecule has 2 N–H and O–H groups in total. The summed E-state index contributed by atoms with van der Waals surface area (Å²) in [6.45, 7) is 12.2. The molecule has 10 heteroatoms. The van der Waals surface area contributed by atoms with Crippen molar-refractivity contribution in [1.82, 2.24) is 15.5 Å². The van der Waals surface area contributed by atoms with Gasteiger partial charge in [-0.25, -0.2) is 9.59 Å². The second kappa shape index (κ2) is 15.5. The molecular weight excluding hydrogens is 566 g/mol. The van der Waals surface area contributed by atoms with Crippen LogP contribution in [0.15, 0.2) is 54.6 Å². The van der Waals surface area contributed by atoms with Crippen LogP contribution in [0.2, 0.25) is 0 Å². The lowest BCUT2D eigenvalue weighted by atomic mass is 10.00. The zero-order valence-corrected chi connectivity index (χ0v) is 26.9. The fraction of sp³-hybridized carbons (Fsp3) is 0.455. The van der Waals surface area contributed by atoms with Gasteiger partial charge in [-0.3, -0.25) is 9.59 Å². The summed E-state index contributed by atoms with van der Waals surface area (Å²) in [5, 5.41) is 5.39. The Morgan fingerprint density at radius 3 is 1.95 bits per heavy atom. The lowest BCUT2D eigenvalue weighted by Crippen LogP contribution is -2.55. The summed E-state index contributed by atoms with van der Waals surface area (Å²) in [4.78, 5) is 55.1. The van der Waals surface area contributed by atoms with E-state index in [-0.39, 0.29) is 18.7 Å². The molecule has 0 aromatic heterocycles. The summed E-state index contributed by atoms with van der Waals surface area (Å²) in [7, 11) is 0. The van der Waals surface area contributed by atoms with Crippen LogP contribution in [0.3, 0.4) is 0 Å². The van der Waals surface area contributed by atoms with Gasteiger partial charge in [0.2, 0.25) is 11.8 Å². The van der Waals surface area contributed by atoms with Crippen LogP contribution in [-0.4, -0.2) is 64.4 Å². The number of nitrogens with one attached hydrogen (secondary N) is 2. The average molecular weight is 610 g/mol. The molecule has 0 bridgehead atoms. The maximum Gasteiger partial charge on any atom is 0.408 e. The van der Waals surface area contributed by atoms with Crippen molar-refractivity contribution in [2.45, 2.75) is 84.2 Å². The van der Waals surface area contributed by atoms with Crippen LogP contribution in [0.25, 0.3) is 0 Å². The summed E-state index contributed by atoms with van der Waals surface area (Å²) >= 11 is 4.28. The topological polar surface area (TPSA) is 114 Å². The quantitative estimate of drug-likeness (QED) is 0.197. The number of likely N-dealkylation sites (N-methyl/N-ethyl adjacent to an activating group) is 1. The first-order chi connectivity index (χ1) is 20.1. The van der Waals surface area contributed by atoms with Crippen LogP contribution in [0.1, 0.15) is 71.2 Å². The number of alkyl carbamates (subject to hydrolysis) is 1. The van der Waals surface area contributed by atoms with E-state index in [2.05, 4.69) is 29.2 Å². The molecule has 2 aromatic rings. The number of hydrogen-bond donors (Lipinski definition) is 3. The van der Waals surface area contributed by atoms with Gasteiger partial charge >= 0.3 is 12.1 Å². The Hall–Kier alpha value is -3.97. The molecule has 0 aliphatic heterocycles. The van der Waals surface area contributed by atoms with Crippen molar-refractivity contribution in [1.29, 1.82) is 0 Å². The van der Waals surface area contributed by atoms with Crippen molar-refractivity contribution in [3.63, 3.8) is 0 Å². The second-order valence-electron chi connectivity index (χ2n) is 12.0. The van der Waals surface area contributed by atoms with Crippen molar-refractivity contribution < 1.29 is 28.7 Å². The Labute approximate surface area is 260 Å². The molecule has 0 saturated heterocycles. The van der Waals surface area contributed by atoms with Gasteiger partial charge in [0.1, 0.15) is 29.3 Å². The van der Waals surface area contributed by atoms with Crippen molar-refractivity contribution in [3.05, 3.63) is 71.3 Å². The summed E-state index contributed by atoms with van der Waals surface area (Å²) in [5.74, 6) is 0.719. The molecule has 0 fully saturated rings. The molecule has 3 atom stereocenters. The zero-order chi connectivity index (χ0) is 32.4. The number of benzene rings is 2.